The van der Waals surface area contributed by atoms with Gasteiger partial charge in [0, 0.05) is 6.04 Å². The summed E-state index contributed by atoms with van der Waals surface area (Å²) in [5.74, 6) is 2.61. The molecule has 3 N–H and O–H groups in total. The van der Waals surface area contributed by atoms with Gasteiger partial charge in [-0.2, -0.15) is 0 Å². The van der Waals surface area contributed by atoms with Crippen LogP contribution in [-0.4, -0.2) is 19.1 Å². The van der Waals surface area contributed by atoms with E-state index in [-0.39, 0.29) is 0 Å². The second kappa shape index (κ2) is 5.31. The number of hydrogen-bond acceptors (Lipinski definition) is 2. The third kappa shape index (κ3) is 2.94. The molecule has 88 valence electrons. The van der Waals surface area contributed by atoms with Crippen LogP contribution < -0.4 is 11.1 Å². The highest BCUT2D eigenvalue weighted by Crippen LogP contribution is 2.30. The molecule has 15 heavy (non-hydrogen) atoms. The van der Waals surface area contributed by atoms with Crippen molar-refractivity contribution in [2.45, 2.75) is 51.5 Å². The molecule has 0 amide bonds. The third-order valence-corrected chi connectivity index (χ3v) is 4.41. The van der Waals surface area contributed by atoms with Crippen LogP contribution in [0.25, 0.3) is 0 Å². The smallest absolute Gasteiger partial charge is 0.00722 e. The second-order valence-electron chi connectivity index (χ2n) is 5.72. The summed E-state index contributed by atoms with van der Waals surface area (Å²) in [4.78, 5) is 0. The van der Waals surface area contributed by atoms with Crippen molar-refractivity contribution in [3.8, 4) is 0 Å². The second-order valence-corrected chi connectivity index (χ2v) is 5.72. The van der Waals surface area contributed by atoms with E-state index >= 15 is 0 Å². The van der Waals surface area contributed by atoms with Crippen molar-refractivity contribution >= 4 is 0 Å². The molecule has 2 aliphatic carbocycles. The summed E-state index contributed by atoms with van der Waals surface area (Å²) in [5.41, 5.74) is 5.84. The number of hydrogen-bond donors (Lipinski definition) is 2. The van der Waals surface area contributed by atoms with Gasteiger partial charge in [-0.25, -0.2) is 0 Å². The number of nitrogens with one attached hydrogen (secondary N) is 1. The maximum absolute atomic E-state index is 5.84. The van der Waals surface area contributed by atoms with Crippen LogP contribution in [-0.2, 0) is 0 Å². The van der Waals surface area contributed by atoms with Gasteiger partial charge in [0.05, 0.1) is 0 Å². The molecule has 0 saturated heterocycles. The fourth-order valence-corrected chi connectivity index (χ4v) is 3.25. The minimum Gasteiger partial charge on any atom is -0.330 e. The number of nitrogens with two attached hydrogens (primary N) is 1. The van der Waals surface area contributed by atoms with Gasteiger partial charge in [0.15, 0.2) is 0 Å². The van der Waals surface area contributed by atoms with Crippen LogP contribution in [0.2, 0.25) is 0 Å². The first kappa shape index (κ1) is 11.4. The van der Waals surface area contributed by atoms with Crippen LogP contribution in [0, 0.1) is 17.8 Å². The van der Waals surface area contributed by atoms with Gasteiger partial charge in [0.2, 0.25) is 0 Å². The summed E-state index contributed by atoms with van der Waals surface area (Å²) in [6, 6.07) is 0.820. The van der Waals surface area contributed by atoms with E-state index < -0.39 is 0 Å². The molecule has 0 aromatic rings. The van der Waals surface area contributed by atoms with Crippen molar-refractivity contribution in [3.63, 3.8) is 0 Å². The van der Waals surface area contributed by atoms with Crippen LogP contribution in [0.1, 0.15) is 45.4 Å². The van der Waals surface area contributed by atoms with E-state index in [2.05, 4.69) is 12.2 Å². The SMILES string of the molecule is CC1CC(NCC2CCCCC2CN)C1. The lowest BCUT2D eigenvalue weighted by Crippen LogP contribution is -2.44. The van der Waals surface area contributed by atoms with Gasteiger partial charge >= 0.3 is 0 Å². The molecule has 2 aliphatic rings. The summed E-state index contributed by atoms with van der Waals surface area (Å²) >= 11 is 0. The summed E-state index contributed by atoms with van der Waals surface area (Å²) in [6.45, 7) is 4.47. The minimum atomic E-state index is 0.795. The van der Waals surface area contributed by atoms with Gasteiger partial charge in [-0.1, -0.05) is 19.8 Å². The summed E-state index contributed by atoms with van der Waals surface area (Å²) in [6.07, 6.45) is 8.36. The van der Waals surface area contributed by atoms with Crippen LogP contribution >= 0.6 is 0 Å². The minimum absolute atomic E-state index is 0.795. The van der Waals surface area contributed by atoms with Crippen molar-refractivity contribution in [2.75, 3.05) is 13.1 Å². The van der Waals surface area contributed by atoms with E-state index in [0.29, 0.717) is 0 Å². The Balaban J connectivity index is 1.68. The van der Waals surface area contributed by atoms with Gasteiger partial charge in [-0.3, -0.25) is 0 Å². The monoisotopic (exact) mass is 210 g/mol. The fraction of sp³-hybridized carbons (Fsp3) is 1.00. The Morgan fingerprint density at radius 2 is 1.80 bits per heavy atom. The molecule has 2 unspecified atom stereocenters. The molecule has 2 rings (SSSR count). The lowest BCUT2D eigenvalue weighted by molar-refractivity contribution is 0.189. The van der Waals surface area contributed by atoms with E-state index in [9.17, 15) is 0 Å². The van der Waals surface area contributed by atoms with Gasteiger partial charge in [0.25, 0.3) is 0 Å². The van der Waals surface area contributed by atoms with Gasteiger partial charge in [-0.05, 0) is 56.5 Å². The first-order valence-corrected chi connectivity index (χ1v) is 6.73. The molecular formula is C13H26N2. The van der Waals surface area contributed by atoms with Crippen molar-refractivity contribution in [1.82, 2.24) is 5.32 Å². The average molecular weight is 210 g/mol. The molecule has 2 heteroatoms. The van der Waals surface area contributed by atoms with E-state index in [4.69, 9.17) is 5.73 Å². The maximum Gasteiger partial charge on any atom is 0.00722 e. The largest absolute Gasteiger partial charge is 0.330 e. The van der Waals surface area contributed by atoms with E-state index in [1.54, 1.807) is 0 Å². The van der Waals surface area contributed by atoms with E-state index in [1.807, 2.05) is 0 Å². The molecule has 2 fully saturated rings. The predicted octanol–water partition coefficient (Wildman–Crippen LogP) is 2.14. The Hall–Kier alpha value is -0.0800. The van der Waals surface area contributed by atoms with Crippen molar-refractivity contribution in [2.24, 2.45) is 23.5 Å². The molecule has 0 bridgehead atoms. The van der Waals surface area contributed by atoms with E-state index in [0.717, 1.165) is 30.3 Å². The van der Waals surface area contributed by atoms with Gasteiger partial charge in [0.1, 0.15) is 0 Å². The molecule has 0 aromatic carbocycles. The lowest BCUT2D eigenvalue weighted by atomic mass is 9.78. The summed E-state index contributed by atoms with van der Waals surface area (Å²) in [7, 11) is 0. The Morgan fingerprint density at radius 3 is 2.40 bits per heavy atom. The number of rotatable bonds is 4. The average Bonchev–Trinajstić information content (AvgIpc) is 2.23. The molecule has 2 nitrogen and oxygen atoms in total. The highest BCUT2D eigenvalue weighted by molar-refractivity contribution is 4.85. The first-order valence-electron chi connectivity index (χ1n) is 6.73. The Kier molecular flexibility index (Phi) is 4.04. The maximum atomic E-state index is 5.84. The molecule has 2 atom stereocenters. The highest BCUT2D eigenvalue weighted by Gasteiger charge is 2.28. The molecular weight excluding hydrogens is 184 g/mol. The summed E-state index contributed by atoms with van der Waals surface area (Å²) in [5, 5.41) is 3.73. The van der Waals surface area contributed by atoms with Crippen molar-refractivity contribution in [3.05, 3.63) is 0 Å². The highest BCUT2D eigenvalue weighted by atomic mass is 14.9. The quantitative estimate of drug-likeness (QED) is 0.746. The summed E-state index contributed by atoms with van der Waals surface area (Å²) < 4.78 is 0. The molecule has 0 aliphatic heterocycles. The lowest BCUT2D eigenvalue weighted by Gasteiger charge is -2.37. The predicted molar refractivity (Wildman–Crippen MR) is 64.7 cm³/mol. The van der Waals surface area contributed by atoms with Crippen LogP contribution in [0.5, 0.6) is 0 Å². The molecule has 0 spiro atoms. The standard InChI is InChI=1S/C13H26N2/c1-10-6-13(7-10)15-9-12-5-3-2-4-11(12)8-14/h10-13,15H,2-9,14H2,1H3. The van der Waals surface area contributed by atoms with Crippen molar-refractivity contribution in [1.29, 1.82) is 0 Å². The first-order chi connectivity index (χ1) is 7.29. The topological polar surface area (TPSA) is 38.0 Å². The Labute approximate surface area is 94.0 Å². The Morgan fingerprint density at radius 1 is 1.13 bits per heavy atom. The van der Waals surface area contributed by atoms with Gasteiger partial charge in [-0.15, -0.1) is 0 Å². The van der Waals surface area contributed by atoms with E-state index in [1.165, 1.54) is 45.1 Å². The molecule has 2 saturated carbocycles. The Bertz CT molecular complexity index is 187. The molecule has 0 aromatic heterocycles. The normalized spacial score (nSPS) is 41.2. The zero-order chi connectivity index (χ0) is 10.7. The third-order valence-electron chi connectivity index (χ3n) is 4.41. The fourth-order valence-electron chi connectivity index (χ4n) is 3.25. The van der Waals surface area contributed by atoms with Crippen molar-refractivity contribution < 1.29 is 0 Å². The molecule has 0 radical (unpaired) electrons. The van der Waals surface area contributed by atoms with Crippen LogP contribution in [0.4, 0.5) is 0 Å². The van der Waals surface area contributed by atoms with Gasteiger partial charge < -0.3 is 11.1 Å². The zero-order valence-electron chi connectivity index (χ0n) is 10.0. The van der Waals surface area contributed by atoms with Crippen LogP contribution in [0.15, 0.2) is 0 Å². The zero-order valence-corrected chi connectivity index (χ0v) is 10.0. The van der Waals surface area contributed by atoms with Crippen LogP contribution in [0.3, 0.4) is 0 Å². The molecule has 0 heterocycles.